The second-order valence-electron chi connectivity index (χ2n) is 9.52. The van der Waals surface area contributed by atoms with Crippen molar-refractivity contribution in [2.24, 2.45) is 0 Å². The highest BCUT2D eigenvalue weighted by Crippen LogP contribution is 2.22. The molecule has 0 atom stereocenters. The second kappa shape index (κ2) is 18.7. The van der Waals surface area contributed by atoms with Gasteiger partial charge in [-0.05, 0) is 61.4 Å². The van der Waals surface area contributed by atoms with Gasteiger partial charge in [0.2, 0.25) is 0 Å². The number of nitrogens with one attached hydrogen (secondary N) is 1. The maximum absolute atomic E-state index is 12.2. The average Bonchev–Trinajstić information content (AvgIpc) is 2.97. The van der Waals surface area contributed by atoms with E-state index in [0.717, 1.165) is 34.7 Å². The van der Waals surface area contributed by atoms with Crippen LogP contribution in [0, 0.1) is 19.3 Å². The number of benzene rings is 3. The molecule has 7 heteroatoms. The summed E-state index contributed by atoms with van der Waals surface area (Å²) in [7, 11) is 1.52. The molecule has 4 rings (SSSR count). The standard InChI is InChI=1S/C17H17NO3.C14H16O3.C4H8/c1-11-4-6-15(12(2)8-11)21-17(19)13-5-7-16(20-3)14(9-13)10-18;1-3-12-6-8-13(9-7-12)16-10-5-11-17-14(15)4-2;1-2-4-3-1/h4-10,18H,1-3H3;3-4,6-9H,1-2,5,10-11H2;1-4H2. The van der Waals surface area contributed by atoms with Crippen LogP contribution in [-0.4, -0.2) is 38.5 Å². The van der Waals surface area contributed by atoms with Crippen LogP contribution in [0.15, 0.2) is 79.9 Å². The molecule has 0 amide bonds. The van der Waals surface area contributed by atoms with Crippen LogP contribution < -0.4 is 14.2 Å². The number of methoxy groups -OCH3 is 1. The van der Waals surface area contributed by atoms with Crippen LogP contribution in [0.25, 0.3) is 6.08 Å². The van der Waals surface area contributed by atoms with E-state index in [0.29, 0.717) is 42.3 Å². The third kappa shape index (κ3) is 11.8. The third-order valence-electron chi connectivity index (χ3n) is 6.24. The van der Waals surface area contributed by atoms with Crippen LogP contribution in [0.4, 0.5) is 0 Å². The van der Waals surface area contributed by atoms with Gasteiger partial charge in [0.25, 0.3) is 0 Å². The lowest BCUT2D eigenvalue weighted by Gasteiger charge is -2.10. The van der Waals surface area contributed by atoms with Crippen LogP contribution in [0.5, 0.6) is 17.2 Å². The van der Waals surface area contributed by atoms with Crippen LogP contribution in [0.3, 0.4) is 0 Å². The molecule has 0 aliphatic heterocycles. The molecular weight excluding hydrogens is 530 g/mol. The van der Waals surface area contributed by atoms with Crippen molar-refractivity contribution in [2.75, 3.05) is 20.3 Å². The van der Waals surface area contributed by atoms with Gasteiger partial charge in [-0.15, -0.1) is 0 Å². The highest BCUT2D eigenvalue weighted by molar-refractivity contribution is 5.94. The summed E-state index contributed by atoms with van der Waals surface area (Å²) in [5.41, 5.74) is 3.99. The largest absolute Gasteiger partial charge is 0.496 e. The van der Waals surface area contributed by atoms with Gasteiger partial charge >= 0.3 is 11.9 Å². The van der Waals surface area contributed by atoms with Crippen LogP contribution in [0.1, 0.15) is 64.7 Å². The molecule has 1 fully saturated rings. The quantitative estimate of drug-likeness (QED) is 0.0826. The molecule has 222 valence electrons. The first-order valence-electron chi connectivity index (χ1n) is 13.9. The van der Waals surface area contributed by atoms with Crippen molar-refractivity contribution in [3.63, 3.8) is 0 Å². The SMILES string of the molecule is C1CCC1.C=CC(=O)OCCCOc1ccc(C=C)cc1.COc1ccc(C(=O)Oc2ccc(C)cc2C)cc1C=N. The number of hydrogen-bond acceptors (Lipinski definition) is 7. The molecule has 1 N–H and O–H groups in total. The van der Waals surface area contributed by atoms with Crippen LogP contribution in [0.2, 0.25) is 0 Å². The molecule has 42 heavy (non-hydrogen) atoms. The number of carbonyl (C=O) groups excluding carboxylic acids is 2. The van der Waals surface area contributed by atoms with Gasteiger partial charge in [-0.2, -0.15) is 0 Å². The number of hydrogen-bond donors (Lipinski definition) is 1. The second-order valence-corrected chi connectivity index (χ2v) is 9.52. The maximum Gasteiger partial charge on any atom is 0.343 e. The minimum atomic E-state index is -0.451. The highest BCUT2D eigenvalue weighted by atomic mass is 16.5. The smallest absolute Gasteiger partial charge is 0.343 e. The van der Waals surface area contributed by atoms with Gasteiger partial charge in [-0.25, -0.2) is 9.59 Å². The lowest BCUT2D eigenvalue weighted by molar-refractivity contribution is -0.137. The van der Waals surface area contributed by atoms with Gasteiger partial charge < -0.3 is 24.4 Å². The first kappa shape index (κ1) is 33.6. The van der Waals surface area contributed by atoms with Crippen molar-refractivity contribution in [3.05, 3.63) is 108 Å². The van der Waals surface area contributed by atoms with Gasteiger partial charge in [0.15, 0.2) is 0 Å². The number of aryl methyl sites for hydroxylation is 2. The summed E-state index contributed by atoms with van der Waals surface area (Å²) >= 11 is 0. The zero-order valence-electron chi connectivity index (χ0n) is 24.8. The topological polar surface area (TPSA) is 94.9 Å². The Labute approximate surface area is 249 Å². The van der Waals surface area contributed by atoms with Crippen molar-refractivity contribution >= 4 is 24.2 Å². The Morgan fingerprint density at radius 2 is 1.55 bits per heavy atom. The van der Waals surface area contributed by atoms with E-state index >= 15 is 0 Å². The van der Waals surface area contributed by atoms with Crippen molar-refractivity contribution in [1.29, 1.82) is 5.41 Å². The number of carbonyl (C=O) groups is 2. The van der Waals surface area contributed by atoms with Gasteiger partial charge in [0, 0.05) is 24.3 Å². The highest BCUT2D eigenvalue weighted by Gasteiger charge is 2.13. The van der Waals surface area contributed by atoms with E-state index in [4.69, 9.17) is 24.4 Å². The van der Waals surface area contributed by atoms with Crippen molar-refractivity contribution in [3.8, 4) is 17.2 Å². The fourth-order valence-electron chi connectivity index (χ4n) is 3.48. The summed E-state index contributed by atoms with van der Waals surface area (Å²) in [6.45, 7) is 11.7. The van der Waals surface area contributed by atoms with E-state index in [2.05, 4.69) is 13.2 Å². The minimum Gasteiger partial charge on any atom is -0.496 e. The zero-order valence-corrected chi connectivity index (χ0v) is 24.8. The average molecular weight is 572 g/mol. The molecule has 0 saturated heterocycles. The van der Waals surface area contributed by atoms with E-state index in [1.165, 1.54) is 32.8 Å². The van der Waals surface area contributed by atoms with Crippen molar-refractivity contribution < 1.29 is 28.5 Å². The zero-order chi connectivity index (χ0) is 30.7. The molecule has 3 aromatic rings. The molecule has 1 aliphatic rings. The fourth-order valence-corrected chi connectivity index (χ4v) is 3.48. The van der Waals surface area contributed by atoms with E-state index < -0.39 is 11.9 Å². The maximum atomic E-state index is 12.2. The first-order valence-corrected chi connectivity index (χ1v) is 13.9. The van der Waals surface area contributed by atoms with E-state index in [-0.39, 0.29) is 0 Å². The summed E-state index contributed by atoms with van der Waals surface area (Å²) in [4.78, 5) is 22.9. The molecule has 0 unspecified atom stereocenters. The Bertz CT molecular complexity index is 1320. The van der Waals surface area contributed by atoms with Gasteiger partial charge in [0.05, 0.1) is 25.9 Å². The molecule has 1 saturated carbocycles. The normalized spacial score (nSPS) is 11.1. The molecule has 7 nitrogen and oxygen atoms in total. The lowest BCUT2D eigenvalue weighted by Crippen LogP contribution is -2.10. The fraction of sp³-hybridized carbons (Fsp3) is 0.286. The Hall–Kier alpha value is -4.65. The lowest BCUT2D eigenvalue weighted by atomic mass is 10.0. The van der Waals surface area contributed by atoms with Crippen molar-refractivity contribution in [1.82, 2.24) is 0 Å². The summed E-state index contributed by atoms with van der Waals surface area (Å²) in [5.74, 6) is 1.03. The summed E-state index contributed by atoms with van der Waals surface area (Å²) in [6, 6.07) is 18.1. The molecule has 0 spiro atoms. The summed E-state index contributed by atoms with van der Waals surface area (Å²) in [6.07, 6.45) is 10.7. The number of ether oxygens (including phenoxy) is 4. The molecule has 0 aromatic heterocycles. The predicted molar refractivity (Wildman–Crippen MR) is 168 cm³/mol. The Morgan fingerprint density at radius 3 is 2.10 bits per heavy atom. The summed E-state index contributed by atoms with van der Waals surface area (Å²) in [5, 5.41) is 7.35. The molecule has 0 radical (unpaired) electrons. The molecule has 1 aliphatic carbocycles. The predicted octanol–water partition coefficient (Wildman–Crippen LogP) is 7.92. The van der Waals surface area contributed by atoms with Gasteiger partial charge in [0.1, 0.15) is 17.2 Å². The Kier molecular flexibility index (Phi) is 14.9. The number of esters is 2. The Morgan fingerprint density at radius 1 is 0.881 bits per heavy atom. The Balaban J connectivity index is 0.000000263. The van der Waals surface area contributed by atoms with Gasteiger partial charge in [-0.3, -0.25) is 0 Å². The molecular formula is C35H41NO6. The molecule has 3 aromatic carbocycles. The van der Waals surface area contributed by atoms with Crippen molar-refractivity contribution in [2.45, 2.75) is 46.0 Å². The number of rotatable bonds is 11. The monoisotopic (exact) mass is 571 g/mol. The van der Waals surface area contributed by atoms with Crippen LogP contribution >= 0.6 is 0 Å². The van der Waals surface area contributed by atoms with E-state index in [1.807, 2.05) is 50.2 Å². The minimum absolute atomic E-state index is 0.343. The first-order chi connectivity index (χ1) is 20.3. The molecule has 0 heterocycles. The van der Waals surface area contributed by atoms with E-state index in [9.17, 15) is 9.59 Å². The molecule has 0 bridgehead atoms. The third-order valence-corrected chi connectivity index (χ3v) is 6.24. The summed E-state index contributed by atoms with van der Waals surface area (Å²) < 4.78 is 20.8. The van der Waals surface area contributed by atoms with Gasteiger partial charge in [-0.1, -0.05) is 74.7 Å². The van der Waals surface area contributed by atoms with E-state index in [1.54, 1.807) is 30.3 Å². The van der Waals surface area contributed by atoms with Crippen LogP contribution in [-0.2, 0) is 9.53 Å².